The van der Waals surface area contributed by atoms with Crippen molar-refractivity contribution >= 4 is 0 Å². The van der Waals surface area contributed by atoms with E-state index in [0.717, 1.165) is 12.0 Å². The molecule has 1 atom stereocenters. The maximum absolute atomic E-state index is 9.58. The predicted octanol–water partition coefficient (Wildman–Crippen LogP) is 3.94. The fraction of sp³-hybridized carbons (Fsp3) is 0.467. The molecule has 0 saturated carbocycles. The van der Waals surface area contributed by atoms with E-state index in [1.807, 2.05) is 13.0 Å². The van der Waals surface area contributed by atoms with Gasteiger partial charge in [-0.05, 0) is 36.0 Å². The molecule has 1 heteroatoms. The van der Waals surface area contributed by atoms with Gasteiger partial charge in [-0.25, -0.2) is 0 Å². The van der Waals surface area contributed by atoms with Gasteiger partial charge in [0.25, 0.3) is 0 Å². The minimum Gasteiger partial charge on any atom is -0.508 e. The quantitative estimate of drug-likeness (QED) is 0.705. The van der Waals surface area contributed by atoms with E-state index in [1.165, 1.54) is 5.56 Å². The number of benzene rings is 1. The molecule has 1 nitrogen and oxygen atoms in total. The molecule has 1 aromatic carbocycles. The van der Waals surface area contributed by atoms with E-state index in [-0.39, 0.29) is 10.8 Å². The Morgan fingerprint density at radius 1 is 1.19 bits per heavy atom. The van der Waals surface area contributed by atoms with Crippen LogP contribution in [0.25, 0.3) is 0 Å². The maximum Gasteiger partial charge on any atom is 0.118 e. The first-order valence-corrected chi connectivity index (χ1v) is 5.85. The largest absolute Gasteiger partial charge is 0.508 e. The first kappa shape index (κ1) is 11.3. The molecule has 16 heavy (non-hydrogen) atoms. The van der Waals surface area contributed by atoms with Crippen molar-refractivity contribution in [2.24, 2.45) is 5.41 Å². The first-order valence-electron chi connectivity index (χ1n) is 5.85. The summed E-state index contributed by atoms with van der Waals surface area (Å²) in [6, 6.07) is 5.98. The van der Waals surface area contributed by atoms with Crippen LogP contribution < -0.4 is 0 Å². The number of aromatic hydroxyl groups is 1. The lowest BCUT2D eigenvalue weighted by Crippen LogP contribution is -2.34. The lowest BCUT2D eigenvalue weighted by Gasteiger charge is -2.39. The van der Waals surface area contributed by atoms with Crippen molar-refractivity contribution in [3.63, 3.8) is 0 Å². The molecule has 2 rings (SSSR count). The third-order valence-corrected chi connectivity index (χ3v) is 4.32. The van der Waals surface area contributed by atoms with Crippen molar-refractivity contribution in [1.29, 1.82) is 0 Å². The van der Waals surface area contributed by atoms with Crippen molar-refractivity contribution < 1.29 is 5.11 Å². The highest BCUT2D eigenvalue weighted by molar-refractivity contribution is 5.41. The summed E-state index contributed by atoms with van der Waals surface area (Å²) in [6.45, 7) is 8.81. The van der Waals surface area contributed by atoms with Crippen LogP contribution >= 0.6 is 0 Å². The molecule has 0 heterocycles. The summed E-state index contributed by atoms with van der Waals surface area (Å²) >= 11 is 0. The number of rotatable bonds is 1. The van der Waals surface area contributed by atoms with E-state index in [0.29, 0.717) is 5.75 Å². The van der Waals surface area contributed by atoms with Crippen LogP contribution in [0.1, 0.15) is 38.3 Å². The van der Waals surface area contributed by atoms with Crippen LogP contribution in [0.3, 0.4) is 0 Å². The van der Waals surface area contributed by atoms with E-state index < -0.39 is 0 Å². The molecule has 1 aromatic rings. The Balaban J connectivity index is 2.48. The first-order chi connectivity index (χ1) is 7.37. The number of phenols is 1. The molecule has 0 aliphatic heterocycles. The summed E-state index contributed by atoms with van der Waals surface area (Å²) in [5.41, 5.74) is 2.60. The van der Waals surface area contributed by atoms with Gasteiger partial charge in [0, 0.05) is 5.41 Å². The molecule has 1 N–H and O–H groups in total. The smallest absolute Gasteiger partial charge is 0.118 e. The molecule has 0 saturated heterocycles. The monoisotopic (exact) mass is 216 g/mol. The standard InChI is InChI=1S/C15H20O/c1-11-10-12(6-7-13(11)16)15(4)9-5-8-14(15,2)3/h5-8,10,16H,9H2,1-4H3. The van der Waals surface area contributed by atoms with Gasteiger partial charge < -0.3 is 5.11 Å². The van der Waals surface area contributed by atoms with Gasteiger partial charge in [-0.1, -0.05) is 45.1 Å². The maximum atomic E-state index is 9.58. The van der Waals surface area contributed by atoms with Gasteiger partial charge in [0.1, 0.15) is 5.75 Å². The minimum atomic E-state index is 0.144. The Kier molecular flexibility index (Phi) is 2.37. The van der Waals surface area contributed by atoms with Crippen molar-refractivity contribution in [1.82, 2.24) is 0 Å². The average molecular weight is 216 g/mol. The van der Waals surface area contributed by atoms with Crippen LogP contribution in [0.4, 0.5) is 0 Å². The van der Waals surface area contributed by atoms with Gasteiger partial charge >= 0.3 is 0 Å². The number of phenolic OH excluding ortho intramolecular Hbond substituents is 1. The van der Waals surface area contributed by atoms with Crippen molar-refractivity contribution in [3.05, 3.63) is 41.5 Å². The zero-order valence-electron chi connectivity index (χ0n) is 10.5. The molecule has 0 amide bonds. The summed E-state index contributed by atoms with van der Waals surface area (Å²) in [6.07, 6.45) is 5.64. The minimum absolute atomic E-state index is 0.144. The van der Waals surface area contributed by atoms with Gasteiger partial charge in [-0.2, -0.15) is 0 Å². The molecule has 0 spiro atoms. The van der Waals surface area contributed by atoms with Crippen molar-refractivity contribution in [2.45, 2.75) is 39.5 Å². The van der Waals surface area contributed by atoms with E-state index in [2.05, 4.69) is 45.1 Å². The molecule has 86 valence electrons. The Bertz CT molecular complexity index is 443. The predicted molar refractivity (Wildman–Crippen MR) is 67.7 cm³/mol. The van der Waals surface area contributed by atoms with Crippen molar-refractivity contribution in [2.75, 3.05) is 0 Å². The highest BCUT2D eigenvalue weighted by Gasteiger charge is 2.43. The summed E-state index contributed by atoms with van der Waals surface area (Å²) in [4.78, 5) is 0. The highest BCUT2D eigenvalue weighted by atomic mass is 16.3. The van der Waals surface area contributed by atoms with E-state index in [9.17, 15) is 5.11 Å². The van der Waals surface area contributed by atoms with E-state index in [4.69, 9.17) is 0 Å². The van der Waals surface area contributed by atoms with Crippen LogP contribution in [0.15, 0.2) is 30.4 Å². The topological polar surface area (TPSA) is 20.2 Å². The molecule has 0 aromatic heterocycles. The highest BCUT2D eigenvalue weighted by Crippen LogP contribution is 2.50. The summed E-state index contributed by atoms with van der Waals surface area (Å²) in [5.74, 6) is 0.385. The zero-order valence-corrected chi connectivity index (χ0v) is 10.5. The second-order valence-corrected chi connectivity index (χ2v) is 5.66. The molecule has 0 radical (unpaired) electrons. The summed E-state index contributed by atoms with van der Waals surface area (Å²) in [7, 11) is 0. The van der Waals surface area contributed by atoms with Crippen LogP contribution in [0, 0.1) is 12.3 Å². The van der Waals surface area contributed by atoms with Gasteiger partial charge in [-0.3, -0.25) is 0 Å². The van der Waals surface area contributed by atoms with Gasteiger partial charge in [0.2, 0.25) is 0 Å². The van der Waals surface area contributed by atoms with Crippen LogP contribution in [0.5, 0.6) is 5.75 Å². The summed E-state index contributed by atoms with van der Waals surface area (Å²) in [5, 5.41) is 9.58. The lowest BCUT2D eigenvalue weighted by molar-refractivity contribution is 0.267. The van der Waals surface area contributed by atoms with E-state index >= 15 is 0 Å². The average Bonchev–Trinajstić information content (AvgIpc) is 2.47. The SMILES string of the molecule is Cc1cc(C2(C)CC=CC2(C)C)ccc1O. The number of hydrogen-bond donors (Lipinski definition) is 1. The summed E-state index contributed by atoms with van der Waals surface area (Å²) < 4.78 is 0. The molecule has 1 aliphatic rings. The fourth-order valence-electron chi connectivity index (χ4n) is 2.52. The normalized spacial score (nSPS) is 27.2. The van der Waals surface area contributed by atoms with Crippen LogP contribution in [0.2, 0.25) is 0 Å². The van der Waals surface area contributed by atoms with Crippen LogP contribution in [-0.4, -0.2) is 5.11 Å². The van der Waals surface area contributed by atoms with Gasteiger partial charge in [0.15, 0.2) is 0 Å². The molecule has 1 aliphatic carbocycles. The third kappa shape index (κ3) is 1.46. The lowest BCUT2D eigenvalue weighted by atomic mass is 9.65. The Morgan fingerprint density at radius 2 is 1.88 bits per heavy atom. The molecule has 1 unspecified atom stereocenters. The molecular formula is C15H20O. The molecular weight excluding hydrogens is 196 g/mol. The number of hydrogen-bond acceptors (Lipinski definition) is 1. The van der Waals surface area contributed by atoms with E-state index in [1.54, 1.807) is 0 Å². The van der Waals surface area contributed by atoms with Crippen LogP contribution in [-0.2, 0) is 5.41 Å². The Hall–Kier alpha value is -1.24. The second kappa shape index (κ2) is 3.38. The second-order valence-electron chi connectivity index (χ2n) is 5.66. The Morgan fingerprint density at radius 3 is 2.38 bits per heavy atom. The number of allylic oxidation sites excluding steroid dienone is 2. The van der Waals surface area contributed by atoms with Gasteiger partial charge in [0.05, 0.1) is 0 Å². The zero-order chi connectivity index (χ0) is 12.0. The van der Waals surface area contributed by atoms with Crippen molar-refractivity contribution in [3.8, 4) is 5.75 Å². The Labute approximate surface area is 97.8 Å². The molecule has 0 fully saturated rings. The number of aryl methyl sites for hydroxylation is 1. The third-order valence-electron chi connectivity index (χ3n) is 4.32. The fourth-order valence-corrected chi connectivity index (χ4v) is 2.52. The molecule has 0 bridgehead atoms. The van der Waals surface area contributed by atoms with Gasteiger partial charge in [-0.15, -0.1) is 0 Å².